The summed E-state index contributed by atoms with van der Waals surface area (Å²) in [6, 6.07) is 2.09. The van der Waals surface area contributed by atoms with E-state index >= 15 is 0 Å². The highest BCUT2D eigenvalue weighted by Gasteiger charge is 2.38. The number of hydrazine groups is 1. The Balaban J connectivity index is 1.23. The molecule has 7 atom stereocenters. The van der Waals surface area contributed by atoms with Crippen molar-refractivity contribution in [1.29, 1.82) is 0 Å². The fourth-order valence-electron chi connectivity index (χ4n) is 9.91. The highest BCUT2D eigenvalue weighted by Crippen LogP contribution is 2.34. The number of carbonyl (C=O) groups excluding carboxylic acids is 7. The van der Waals surface area contributed by atoms with Gasteiger partial charge in [-0.05, 0) is 93.6 Å². The molecule has 17 nitrogen and oxygen atoms in total. The van der Waals surface area contributed by atoms with Crippen LogP contribution in [0.25, 0.3) is 0 Å². The number of aromatic nitrogens is 1. The number of esters is 1. The van der Waals surface area contributed by atoms with E-state index in [1.54, 1.807) is 45.0 Å². The third-order valence-corrected chi connectivity index (χ3v) is 18.0. The van der Waals surface area contributed by atoms with Gasteiger partial charge in [0.25, 0.3) is 5.91 Å². The first-order chi connectivity index (χ1) is 36.9. The van der Waals surface area contributed by atoms with Crippen molar-refractivity contribution >= 4 is 74.5 Å². The molecule has 0 bridgehead atoms. The Morgan fingerprint density at radius 3 is 2.29 bits per heavy atom. The smallest absolute Gasteiger partial charge is 0.426 e. The zero-order valence-corrected chi connectivity index (χ0v) is 49.5. The van der Waals surface area contributed by atoms with Crippen LogP contribution in [0.2, 0.25) is 0 Å². The van der Waals surface area contributed by atoms with Crippen LogP contribution in [0, 0.1) is 17.7 Å². The Morgan fingerprint density at radius 1 is 0.909 bits per heavy atom. The maximum absolute atomic E-state index is 14.6. The Morgan fingerprint density at radius 2 is 1.61 bits per heavy atom. The summed E-state index contributed by atoms with van der Waals surface area (Å²) in [5.41, 5.74) is 5.90. The van der Waals surface area contributed by atoms with Crippen LogP contribution in [0.1, 0.15) is 196 Å². The van der Waals surface area contributed by atoms with E-state index < -0.39 is 59.8 Å². The summed E-state index contributed by atoms with van der Waals surface area (Å²) < 4.78 is 25.7. The summed E-state index contributed by atoms with van der Waals surface area (Å²) in [6.45, 7) is 13.0. The number of fused-ring (bicyclic) bond motifs is 1. The van der Waals surface area contributed by atoms with Gasteiger partial charge in [-0.15, -0.1) is 11.3 Å². The molecule has 2 heterocycles. The van der Waals surface area contributed by atoms with Crippen LogP contribution in [-0.2, 0) is 39.9 Å². The van der Waals surface area contributed by atoms with Crippen LogP contribution in [0.3, 0.4) is 0 Å². The lowest BCUT2D eigenvalue weighted by Gasteiger charge is -2.38. The molecule has 2 aliphatic rings. The average molecular weight is 1130 g/mol. The maximum Gasteiger partial charge on any atom is 0.426 e. The number of likely N-dealkylation sites (N-methyl/N-ethyl adjacent to an activating group) is 2. The lowest BCUT2D eigenvalue weighted by molar-refractivity contribution is -0.149. The quantitative estimate of drug-likeness (QED) is 0.0195. The summed E-state index contributed by atoms with van der Waals surface area (Å²) in [5.74, 6) is -2.03. The van der Waals surface area contributed by atoms with E-state index in [0.717, 1.165) is 81.5 Å². The van der Waals surface area contributed by atoms with Crippen molar-refractivity contribution in [2.75, 3.05) is 45.3 Å². The number of halogens is 1. The molecule has 2 aromatic rings. The molecule has 1 unspecified atom stereocenters. The number of piperidine rings is 1. The lowest BCUT2D eigenvalue weighted by Crippen LogP contribution is -2.58. The first kappa shape index (κ1) is 65.1. The second kappa shape index (κ2) is 35.2. The zero-order chi connectivity index (χ0) is 56.3. The molecule has 6 amide bonds. The molecular formula is C56H89FN8O9S3. The molecule has 0 saturated carbocycles. The van der Waals surface area contributed by atoms with Gasteiger partial charge < -0.3 is 30.3 Å². The molecule has 1 fully saturated rings. The molecule has 1 aromatic carbocycles. The molecule has 1 aromatic heterocycles. The largest absolute Gasteiger partial charge is 0.455 e. The Labute approximate surface area is 469 Å². The fourth-order valence-corrected chi connectivity index (χ4v) is 12.7. The average Bonchev–Trinajstić information content (AvgIpc) is 3.92. The van der Waals surface area contributed by atoms with Gasteiger partial charge in [-0.25, -0.2) is 19.6 Å². The van der Waals surface area contributed by atoms with E-state index in [2.05, 4.69) is 38.7 Å². The van der Waals surface area contributed by atoms with E-state index in [1.807, 2.05) is 39.6 Å². The second-order valence-electron chi connectivity index (χ2n) is 21.1. The number of nitrogens with zero attached hydrogens (tertiary/aromatic N) is 3. The molecular weight excluding hydrogens is 1040 g/mol. The van der Waals surface area contributed by atoms with Crippen molar-refractivity contribution in [1.82, 2.24) is 41.6 Å². The first-order valence-corrected chi connectivity index (χ1v) is 31.5. The number of carbonyl (C=O) groups is 7. The number of rotatable bonds is 33. The number of hydrogen-bond acceptors (Lipinski definition) is 14. The number of benzene rings is 1. The molecule has 1 aliphatic heterocycles. The molecule has 77 heavy (non-hydrogen) atoms. The molecule has 0 spiro atoms. The Hall–Kier alpha value is -4.47. The van der Waals surface area contributed by atoms with Crippen LogP contribution in [-0.4, -0.2) is 126 Å². The van der Waals surface area contributed by atoms with Gasteiger partial charge in [-0.3, -0.25) is 39.1 Å². The minimum atomic E-state index is -0.924. The third kappa shape index (κ3) is 22.7. The Bertz CT molecular complexity index is 2190. The summed E-state index contributed by atoms with van der Waals surface area (Å²) >= 11 is 1.14. The van der Waals surface area contributed by atoms with Gasteiger partial charge in [0, 0.05) is 62.3 Å². The van der Waals surface area contributed by atoms with Gasteiger partial charge in [-0.2, -0.15) is 0 Å². The minimum Gasteiger partial charge on any atom is -0.455 e. The molecule has 1 aliphatic carbocycles. The summed E-state index contributed by atoms with van der Waals surface area (Å²) in [6.07, 6.45) is 15.5. The van der Waals surface area contributed by atoms with E-state index in [0.29, 0.717) is 41.1 Å². The highest BCUT2D eigenvalue weighted by molar-refractivity contribution is 8.76. The van der Waals surface area contributed by atoms with E-state index in [9.17, 15) is 38.0 Å². The van der Waals surface area contributed by atoms with Crippen molar-refractivity contribution in [3.05, 3.63) is 51.2 Å². The monoisotopic (exact) mass is 1130 g/mol. The van der Waals surface area contributed by atoms with Gasteiger partial charge in [0.2, 0.25) is 23.6 Å². The predicted molar refractivity (Wildman–Crippen MR) is 305 cm³/mol. The van der Waals surface area contributed by atoms with Crippen molar-refractivity contribution in [2.24, 2.45) is 11.8 Å². The summed E-state index contributed by atoms with van der Waals surface area (Å²) in [4.78, 5) is 100. The third-order valence-electron chi connectivity index (χ3n) is 14.6. The molecule has 5 N–H and O–H groups in total. The number of unbranched alkanes of at least 4 members (excludes halogenated alkanes) is 9. The highest BCUT2D eigenvalue weighted by atomic mass is 33.1. The van der Waals surface area contributed by atoms with Gasteiger partial charge in [-0.1, -0.05) is 126 Å². The van der Waals surface area contributed by atoms with E-state index in [-0.39, 0.29) is 60.7 Å². The zero-order valence-electron chi connectivity index (χ0n) is 47.0. The normalized spacial score (nSPS) is 18.0. The number of likely N-dealkylation sites (tertiary alicyclic amines) is 1. The van der Waals surface area contributed by atoms with E-state index in [4.69, 9.17) is 9.47 Å². The topological polar surface area (TPSA) is 217 Å². The van der Waals surface area contributed by atoms with E-state index in [1.165, 1.54) is 57.6 Å². The van der Waals surface area contributed by atoms with Crippen LogP contribution in [0.5, 0.6) is 0 Å². The fraction of sp³-hybridized carbons (Fsp3) is 0.714. The van der Waals surface area contributed by atoms with Crippen molar-refractivity contribution in [2.45, 2.75) is 200 Å². The number of hydrogen-bond donors (Lipinski definition) is 5. The molecule has 432 valence electrons. The van der Waals surface area contributed by atoms with Crippen LogP contribution >= 0.6 is 32.9 Å². The summed E-state index contributed by atoms with van der Waals surface area (Å²) in [5, 5.41) is 11.0. The van der Waals surface area contributed by atoms with Gasteiger partial charge in [0.1, 0.15) is 29.2 Å². The van der Waals surface area contributed by atoms with Gasteiger partial charge >= 0.3 is 12.1 Å². The molecule has 4 rings (SSSR count). The number of amides is 6. The number of thiazole rings is 1. The van der Waals surface area contributed by atoms with Crippen molar-refractivity contribution < 1.29 is 47.4 Å². The SMILES string of the molecule is CCCCC(=O)NCCCCCCCCCCCSSCCOC(=O)NNC(=O)[C@@H]1C[C@@H](NC(=O)c2csc([C@@H](C[C@H](C(C)C)N(C)C(=O)C(NC(=O)[C@H]3CCCCN3C)[C@@H](C)CC)OC(C)=O)n2)Cc2ccc(F)cc21. The number of ether oxygens (including phenoxy) is 2. The van der Waals surface area contributed by atoms with Gasteiger partial charge in [0.05, 0.1) is 12.0 Å². The van der Waals surface area contributed by atoms with Crippen LogP contribution < -0.4 is 26.8 Å². The molecule has 0 radical (unpaired) electrons. The maximum atomic E-state index is 14.6. The van der Waals surface area contributed by atoms with Crippen LogP contribution in [0.4, 0.5) is 9.18 Å². The first-order valence-electron chi connectivity index (χ1n) is 28.2. The van der Waals surface area contributed by atoms with Crippen molar-refractivity contribution in [3.8, 4) is 0 Å². The minimum absolute atomic E-state index is 0.0678. The predicted octanol–water partition coefficient (Wildman–Crippen LogP) is 9.56. The van der Waals surface area contributed by atoms with Gasteiger partial charge in [0.15, 0.2) is 6.10 Å². The molecule has 21 heteroatoms. The number of nitrogens with one attached hydrogen (secondary N) is 5. The Kier molecular flexibility index (Phi) is 29.7. The standard InChI is InChI=1S/C56H89FN8O9S3/c1-9-11-24-49(67)58-27-20-17-15-13-12-14-16-18-22-30-76-77-31-29-73-56(72)63-62-51(68)44-34-42(32-40-25-26-41(57)33-43(40)44)59-52(69)45-36-75-54(60-45)48(74-39(6)66)35-47(37(3)4)65(8)55(71)50(38(5)10-2)61-53(70)46-23-19-21-28-64(46)7/h25-26,33,36-38,42,44,46-48,50H,9-24,27-32,34-35H2,1-8H3,(H,58,67)(H,59,69)(H,61,70)(H,62,68)(H,63,72)/t38-,42-,44+,46+,47+,48+,50?/m0/s1. The molecule has 1 saturated heterocycles. The second-order valence-corrected chi connectivity index (χ2v) is 24.7. The van der Waals surface area contributed by atoms with Crippen molar-refractivity contribution in [3.63, 3.8) is 0 Å². The lowest BCUT2D eigenvalue weighted by atomic mass is 9.79. The summed E-state index contributed by atoms with van der Waals surface area (Å²) in [7, 11) is 7.00. The van der Waals surface area contributed by atoms with Crippen LogP contribution in [0.15, 0.2) is 23.6 Å².